The van der Waals surface area contributed by atoms with Crippen LogP contribution in [0.25, 0.3) is 0 Å². The van der Waals surface area contributed by atoms with Crippen LogP contribution >= 0.6 is 0 Å². The van der Waals surface area contributed by atoms with Gasteiger partial charge in [0, 0.05) is 0 Å². The first-order valence-electron chi connectivity index (χ1n) is 3.37. The maximum atomic E-state index is 5.55. The van der Waals surface area contributed by atoms with E-state index in [0.29, 0.717) is 0 Å². The van der Waals surface area contributed by atoms with E-state index >= 15 is 0 Å². The molecule has 0 bridgehead atoms. The third-order valence-electron chi connectivity index (χ3n) is 1.62. The largest absolute Gasteiger partial charge is 0.342 e. The first-order chi connectivity index (χ1) is 5.27. The molecule has 0 amide bonds. The minimum atomic E-state index is -0.356. The van der Waals surface area contributed by atoms with Gasteiger partial charge in [-0.3, -0.25) is 5.73 Å². The maximum absolute atomic E-state index is 5.55. The molecule has 1 unspecified atom stereocenters. The number of aliphatic imine (C=N–C) groups is 1. The molecule has 1 aromatic rings. The molecule has 0 spiro atoms. The van der Waals surface area contributed by atoms with E-state index in [-0.39, 0.29) is 6.29 Å². The normalized spacial score (nSPS) is 22.0. The van der Waals surface area contributed by atoms with Crippen LogP contribution in [0.1, 0.15) is 12.6 Å². The van der Waals surface area contributed by atoms with Crippen molar-refractivity contribution >= 4 is 11.5 Å². The van der Waals surface area contributed by atoms with Crippen LogP contribution in [0.4, 0.5) is 5.82 Å². The molecule has 0 radical (unpaired) electrons. The molecule has 4 N–H and O–H groups in total. The molecule has 0 aromatic carbocycles. The number of aromatic amines is 1. The summed E-state index contributed by atoms with van der Waals surface area (Å²) in [6.07, 6.45) is 1.26. The molecule has 0 saturated heterocycles. The molecule has 1 atom stereocenters. The molecule has 5 nitrogen and oxygen atoms in total. The Morgan fingerprint density at radius 1 is 1.64 bits per heavy atom. The number of H-pyrrole nitrogens is 1. The Bertz CT molecular complexity index is 300. The molecule has 5 heteroatoms. The number of nitrogens with zero attached hydrogens (tertiary/aromatic N) is 2. The fraction of sp³-hybridized carbons (Fsp3) is 0.333. The lowest BCUT2D eigenvalue weighted by Gasteiger charge is -2.16. The molecule has 11 heavy (non-hydrogen) atoms. The number of nitrogens with one attached hydrogen (secondary N) is 2. The summed E-state index contributed by atoms with van der Waals surface area (Å²) >= 11 is 0. The number of anilines is 1. The van der Waals surface area contributed by atoms with Gasteiger partial charge in [0.25, 0.3) is 0 Å². The van der Waals surface area contributed by atoms with Crippen molar-refractivity contribution in [3.8, 4) is 0 Å². The highest BCUT2D eigenvalue weighted by atomic mass is 15.2. The summed E-state index contributed by atoms with van der Waals surface area (Å²) in [7, 11) is 0. The van der Waals surface area contributed by atoms with E-state index in [1.807, 2.05) is 6.92 Å². The first-order valence-corrected chi connectivity index (χ1v) is 3.37. The molecule has 0 aliphatic carbocycles. The molecule has 2 heterocycles. The van der Waals surface area contributed by atoms with Gasteiger partial charge in [-0.15, -0.1) is 0 Å². The quantitative estimate of drug-likeness (QED) is 0.484. The van der Waals surface area contributed by atoms with E-state index in [4.69, 9.17) is 5.73 Å². The van der Waals surface area contributed by atoms with Gasteiger partial charge in [0.05, 0.1) is 12.0 Å². The summed E-state index contributed by atoms with van der Waals surface area (Å²) in [6, 6.07) is 0. The Labute approximate surface area is 63.7 Å². The Morgan fingerprint density at radius 3 is 3.27 bits per heavy atom. The van der Waals surface area contributed by atoms with Crippen molar-refractivity contribution in [3.63, 3.8) is 0 Å². The molecular weight excluding hydrogens is 142 g/mol. The van der Waals surface area contributed by atoms with E-state index in [1.165, 1.54) is 0 Å². The van der Waals surface area contributed by atoms with Gasteiger partial charge in [-0.05, 0) is 6.92 Å². The molecule has 58 valence electrons. The van der Waals surface area contributed by atoms with Gasteiger partial charge in [0.2, 0.25) is 0 Å². The van der Waals surface area contributed by atoms with Gasteiger partial charge in [0.1, 0.15) is 5.69 Å². The van der Waals surface area contributed by atoms with Crippen molar-refractivity contribution in [1.29, 1.82) is 0 Å². The summed E-state index contributed by atoms with van der Waals surface area (Å²) in [5, 5.41) is 2.92. The molecule has 1 aliphatic rings. The number of rotatable bonds is 0. The summed E-state index contributed by atoms with van der Waals surface area (Å²) in [6.45, 7) is 1.90. The van der Waals surface area contributed by atoms with E-state index < -0.39 is 0 Å². The number of hydrogen-bond acceptors (Lipinski definition) is 4. The topological polar surface area (TPSA) is 79.1 Å². The van der Waals surface area contributed by atoms with E-state index in [9.17, 15) is 0 Å². The predicted molar refractivity (Wildman–Crippen MR) is 42.4 cm³/mol. The van der Waals surface area contributed by atoms with Crippen LogP contribution in [0.2, 0.25) is 0 Å². The standard InChI is InChI=1S/C6H9N5/c1-3-4-5(9-2-8-4)11-6(7)10-3/h2,6,11H,7H2,1H3,(H,8,9). The molecular formula is C6H9N5. The van der Waals surface area contributed by atoms with E-state index in [1.54, 1.807) is 6.33 Å². The van der Waals surface area contributed by atoms with Crippen molar-refractivity contribution in [2.75, 3.05) is 5.32 Å². The lowest BCUT2D eigenvalue weighted by Crippen LogP contribution is -2.32. The van der Waals surface area contributed by atoms with Gasteiger partial charge >= 0.3 is 0 Å². The van der Waals surface area contributed by atoms with Crippen molar-refractivity contribution in [3.05, 3.63) is 12.0 Å². The van der Waals surface area contributed by atoms with Crippen LogP contribution in [0.3, 0.4) is 0 Å². The molecule has 1 aromatic heterocycles. The smallest absolute Gasteiger partial charge is 0.172 e. The van der Waals surface area contributed by atoms with Crippen molar-refractivity contribution in [1.82, 2.24) is 9.97 Å². The molecule has 2 rings (SSSR count). The second kappa shape index (κ2) is 2.06. The lowest BCUT2D eigenvalue weighted by molar-refractivity contribution is 0.793. The Kier molecular flexibility index (Phi) is 1.19. The highest BCUT2D eigenvalue weighted by Crippen LogP contribution is 2.15. The SMILES string of the molecule is CC1=NC(N)Nc2nc[nH]c21. The summed E-state index contributed by atoms with van der Waals surface area (Å²) in [5.41, 5.74) is 7.36. The number of fused-ring (bicyclic) bond motifs is 1. The summed E-state index contributed by atoms with van der Waals surface area (Å²) in [5.74, 6) is 0.782. The second-order valence-corrected chi connectivity index (χ2v) is 2.43. The van der Waals surface area contributed by atoms with Crippen LogP contribution in [0, 0.1) is 0 Å². The minimum Gasteiger partial charge on any atom is -0.342 e. The van der Waals surface area contributed by atoms with Crippen molar-refractivity contribution < 1.29 is 0 Å². The van der Waals surface area contributed by atoms with Crippen LogP contribution in [0.5, 0.6) is 0 Å². The van der Waals surface area contributed by atoms with Gasteiger partial charge in [0.15, 0.2) is 12.1 Å². The van der Waals surface area contributed by atoms with Crippen LogP contribution < -0.4 is 11.1 Å². The van der Waals surface area contributed by atoms with Crippen LogP contribution in [-0.4, -0.2) is 22.0 Å². The Hall–Kier alpha value is -1.36. The monoisotopic (exact) mass is 151 g/mol. The van der Waals surface area contributed by atoms with Crippen molar-refractivity contribution in [2.45, 2.75) is 13.2 Å². The average Bonchev–Trinajstić information content (AvgIpc) is 2.34. The zero-order chi connectivity index (χ0) is 7.84. The van der Waals surface area contributed by atoms with Gasteiger partial charge < -0.3 is 10.3 Å². The number of nitrogens with two attached hydrogens (primary N) is 1. The molecule has 0 fully saturated rings. The Morgan fingerprint density at radius 2 is 2.45 bits per heavy atom. The molecule has 1 aliphatic heterocycles. The van der Waals surface area contributed by atoms with E-state index in [2.05, 4.69) is 20.3 Å². The van der Waals surface area contributed by atoms with E-state index in [0.717, 1.165) is 17.2 Å². The average molecular weight is 151 g/mol. The van der Waals surface area contributed by atoms with Gasteiger partial charge in [-0.1, -0.05) is 0 Å². The van der Waals surface area contributed by atoms with Gasteiger partial charge in [-0.2, -0.15) is 0 Å². The first kappa shape index (κ1) is 6.36. The summed E-state index contributed by atoms with van der Waals surface area (Å²) in [4.78, 5) is 11.1. The highest BCUT2D eigenvalue weighted by molar-refractivity contribution is 6.02. The zero-order valence-corrected chi connectivity index (χ0v) is 6.13. The van der Waals surface area contributed by atoms with Crippen molar-refractivity contribution in [2.24, 2.45) is 10.7 Å². The fourth-order valence-corrected chi connectivity index (χ4v) is 1.13. The lowest BCUT2D eigenvalue weighted by atomic mass is 10.3. The zero-order valence-electron chi connectivity index (χ0n) is 6.13. The highest BCUT2D eigenvalue weighted by Gasteiger charge is 2.15. The summed E-state index contributed by atoms with van der Waals surface area (Å²) < 4.78 is 0. The third-order valence-corrected chi connectivity index (χ3v) is 1.62. The second-order valence-electron chi connectivity index (χ2n) is 2.43. The maximum Gasteiger partial charge on any atom is 0.172 e. The third kappa shape index (κ3) is 0.894. The van der Waals surface area contributed by atoms with Crippen LogP contribution in [0.15, 0.2) is 11.3 Å². The fourth-order valence-electron chi connectivity index (χ4n) is 1.13. The minimum absolute atomic E-state index is 0.356. The molecule has 0 saturated carbocycles. The predicted octanol–water partition coefficient (Wildman–Crippen LogP) is -0.114. The van der Waals surface area contributed by atoms with Gasteiger partial charge in [-0.25, -0.2) is 9.98 Å². The number of imidazole rings is 1. The van der Waals surface area contributed by atoms with Crippen LogP contribution in [-0.2, 0) is 0 Å². The number of hydrogen-bond donors (Lipinski definition) is 3. The Balaban J connectivity index is 2.50. The number of aromatic nitrogens is 2.